The van der Waals surface area contributed by atoms with E-state index in [0.717, 1.165) is 24.1 Å². The van der Waals surface area contributed by atoms with Crippen molar-refractivity contribution >= 4 is 16.9 Å². The normalized spacial score (nSPS) is 19.0. The van der Waals surface area contributed by atoms with E-state index in [2.05, 4.69) is 20.9 Å². The van der Waals surface area contributed by atoms with Crippen LogP contribution < -0.4 is 10.6 Å². The summed E-state index contributed by atoms with van der Waals surface area (Å²) >= 11 is 0. The summed E-state index contributed by atoms with van der Waals surface area (Å²) in [7, 11) is 3.42. The molecule has 3 atom stereocenters. The summed E-state index contributed by atoms with van der Waals surface area (Å²) in [4.78, 5) is 27.7. The van der Waals surface area contributed by atoms with Gasteiger partial charge in [0.25, 0.3) is 0 Å². The fourth-order valence-electron chi connectivity index (χ4n) is 5.35. The number of fused-ring (bicyclic) bond motifs is 1. The number of hydrogen-bond donors (Lipinski definition) is 0. The Balaban J connectivity index is 1.73. The fourth-order valence-corrected chi connectivity index (χ4v) is 5.35. The molecule has 3 aromatic rings. The van der Waals surface area contributed by atoms with E-state index in [-0.39, 0.29) is 30.4 Å². The molecule has 0 saturated carbocycles. The molecular formula is C28H31F3N8O. The third kappa shape index (κ3) is 5.79. The molecule has 0 radical (unpaired) electrons. The lowest BCUT2D eigenvalue weighted by Crippen LogP contribution is -2.59. The van der Waals surface area contributed by atoms with E-state index >= 15 is 0 Å². The first kappa shape index (κ1) is 29.0. The predicted octanol–water partition coefficient (Wildman–Crippen LogP) is 3.70. The molecular weight excluding hydrogens is 521 g/mol. The molecule has 1 fully saturated rings. The molecule has 3 heterocycles. The van der Waals surface area contributed by atoms with Gasteiger partial charge in [0, 0.05) is 44.8 Å². The number of alkyl halides is 3. The Morgan fingerprint density at radius 2 is 1.82 bits per heavy atom. The molecule has 0 aliphatic carbocycles. The van der Waals surface area contributed by atoms with Gasteiger partial charge in [-0.2, -0.15) is 28.7 Å². The summed E-state index contributed by atoms with van der Waals surface area (Å²) in [5, 5.41) is 18.6. The first-order chi connectivity index (χ1) is 19.0. The number of piperazine rings is 1. The molecule has 40 heavy (non-hydrogen) atoms. The lowest BCUT2D eigenvalue weighted by Gasteiger charge is -2.49. The molecule has 12 heteroatoms. The molecule has 4 rings (SSSR count). The van der Waals surface area contributed by atoms with Crippen molar-refractivity contribution in [1.82, 2.24) is 24.3 Å². The Labute approximate surface area is 230 Å². The minimum absolute atomic E-state index is 0.0426. The average Bonchev–Trinajstić information content (AvgIpc) is 2.93. The summed E-state index contributed by atoms with van der Waals surface area (Å²) in [6.07, 6.45) is -3.71. The summed E-state index contributed by atoms with van der Waals surface area (Å²) < 4.78 is 41.2. The highest BCUT2D eigenvalue weighted by Gasteiger charge is 2.38. The smallest absolute Gasteiger partial charge is 0.349 e. The Kier molecular flexibility index (Phi) is 8.43. The maximum Gasteiger partial charge on any atom is 0.416 e. The van der Waals surface area contributed by atoms with Crippen LogP contribution in [-0.4, -0.2) is 69.6 Å². The van der Waals surface area contributed by atoms with Crippen LogP contribution in [0.4, 0.5) is 19.0 Å². The van der Waals surface area contributed by atoms with Crippen LogP contribution in [0.5, 0.6) is 0 Å². The van der Waals surface area contributed by atoms with Gasteiger partial charge in [0.15, 0.2) is 5.82 Å². The SMILES string of the molecule is CC[C@@H]1CN(c2nc(=O)n(C)c3ccc(C#N)nc23)[C@@H](C)CN1C(CN(C)CC#N)c1ccc(C(F)(F)F)cc1. The fraction of sp³-hybridized carbons (Fsp3) is 0.464. The number of nitrogens with zero attached hydrogens (tertiary/aromatic N) is 8. The van der Waals surface area contributed by atoms with Gasteiger partial charge in [0.2, 0.25) is 0 Å². The number of rotatable bonds is 7. The number of aromatic nitrogens is 3. The molecule has 0 N–H and O–H groups in total. The van der Waals surface area contributed by atoms with E-state index in [9.17, 15) is 28.5 Å². The highest BCUT2D eigenvalue weighted by atomic mass is 19.4. The minimum Gasteiger partial charge on any atom is -0.349 e. The van der Waals surface area contributed by atoms with Crippen LogP contribution in [0.3, 0.4) is 0 Å². The van der Waals surface area contributed by atoms with Crippen molar-refractivity contribution in [2.45, 2.75) is 44.6 Å². The van der Waals surface area contributed by atoms with Crippen LogP contribution in [0.15, 0.2) is 41.2 Å². The van der Waals surface area contributed by atoms with E-state index in [1.165, 1.54) is 16.7 Å². The van der Waals surface area contributed by atoms with Crippen molar-refractivity contribution < 1.29 is 13.2 Å². The second kappa shape index (κ2) is 11.6. The van der Waals surface area contributed by atoms with E-state index in [4.69, 9.17) is 0 Å². The van der Waals surface area contributed by atoms with Gasteiger partial charge in [-0.15, -0.1) is 0 Å². The van der Waals surface area contributed by atoms with Crippen LogP contribution in [0, 0.1) is 22.7 Å². The van der Waals surface area contributed by atoms with Crippen LogP contribution in [0.2, 0.25) is 0 Å². The predicted molar refractivity (Wildman–Crippen MR) is 144 cm³/mol. The summed E-state index contributed by atoms with van der Waals surface area (Å²) in [5.74, 6) is 0.411. The number of aryl methyl sites for hydroxylation is 1. The molecule has 0 spiro atoms. The second-order valence-electron chi connectivity index (χ2n) is 10.2. The number of hydrogen-bond acceptors (Lipinski definition) is 8. The highest BCUT2D eigenvalue weighted by molar-refractivity contribution is 5.86. The molecule has 1 unspecified atom stereocenters. The van der Waals surface area contributed by atoms with Gasteiger partial charge in [-0.3, -0.25) is 14.4 Å². The third-order valence-corrected chi connectivity index (χ3v) is 7.53. The summed E-state index contributed by atoms with van der Waals surface area (Å²) in [5.41, 5.74) is 0.836. The van der Waals surface area contributed by atoms with Gasteiger partial charge in [-0.1, -0.05) is 19.1 Å². The standard InChI is InChI=1S/C28H31F3N8O/c1-5-22-16-38(26-25-23(37(4)27(40)35-26)11-10-21(14-33)34-25)18(2)15-39(22)24(17-36(3)13-12-32)19-6-8-20(9-7-19)28(29,30)31/h6-11,18,22,24H,5,13,15-17H2,1-4H3/t18-,22+,24?/m0/s1. The van der Waals surface area contributed by atoms with Gasteiger partial charge in [-0.05, 0) is 50.2 Å². The van der Waals surface area contributed by atoms with Crippen LogP contribution in [0.25, 0.3) is 11.0 Å². The van der Waals surface area contributed by atoms with E-state index in [1.54, 1.807) is 19.2 Å². The van der Waals surface area contributed by atoms with E-state index < -0.39 is 17.4 Å². The van der Waals surface area contributed by atoms with E-state index in [1.807, 2.05) is 36.8 Å². The van der Waals surface area contributed by atoms with Crippen molar-refractivity contribution in [3.05, 3.63) is 63.7 Å². The Morgan fingerprint density at radius 1 is 1.12 bits per heavy atom. The number of anilines is 1. The first-order valence-corrected chi connectivity index (χ1v) is 13.0. The van der Waals surface area contributed by atoms with Gasteiger partial charge in [0.05, 0.1) is 23.7 Å². The molecule has 0 amide bonds. The first-order valence-electron chi connectivity index (χ1n) is 13.0. The number of halogens is 3. The molecule has 9 nitrogen and oxygen atoms in total. The van der Waals surface area contributed by atoms with Crippen molar-refractivity contribution in [2.75, 3.05) is 38.1 Å². The van der Waals surface area contributed by atoms with Crippen molar-refractivity contribution in [1.29, 1.82) is 10.5 Å². The second-order valence-corrected chi connectivity index (χ2v) is 10.2. The maximum atomic E-state index is 13.3. The molecule has 1 saturated heterocycles. The molecule has 2 aromatic heterocycles. The minimum atomic E-state index is -4.43. The quantitative estimate of drug-likeness (QED) is 0.409. The molecule has 1 aliphatic heterocycles. The maximum absolute atomic E-state index is 13.3. The monoisotopic (exact) mass is 552 g/mol. The lowest BCUT2D eigenvalue weighted by molar-refractivity contribution is -0.137. The van der Waals surface area contributed by atoms with Gasteiger partial charge < -0.3 is 4.90 Å². The summed E-state index contributed by atoms with van der Waals surface area (Å²) in [6.45, 7) is 5.68. The van der Waals surface area contributed by atoms with Gasteiger partial charge in [-0.25, -0.2) is 9.78 Å². The third-order valence-electron chi connectivity index (χ3n) is 7.53. The number of likely N-dealkylation sites (N-methyl/N-ethyl adjacent to an activating group) is 1. The van der Waals surface area contributed by atoms with Crippen LogP contribution in [-0.2, 0) is 13.2 Å². The zero-order chi connectivity index (χ0) is 29.2. The number of pyridine rings is 1. The van der Waals surface area contributed by atoms with Crippen LogP contribution in [0.1, 0.15) is 43.1 Å². The van der Waals surface area contributed by atoms with Crippen molar-refractivity contribution in [2.24, 2.45) is 7.05 Å². The highest BCUT2D eigenvalue weighted by Crippen LogP contribution is 2.35. The topological polar surface area (TPSA) is 105 Å². The van der Waals surface area contributed by atoms with Gasteiger partial charge >= 0.3 is 11.9 Å². The molecule has 210 valence electrons. The van der Waals surface area contributed by atoms with Crippen molar-refractivity contribution in [3.63, 3.8) is 0 Å². The number of benzene rings is 1. The summed E-state index contributed by atoms with van der Waals surface area (Å²) in [6, 6.07) is 12.2. The molecule has 0 bridgehead atoms. The van der Waals surface area contributed by atoms with Crippen molar-refractivity contribution in [3.8, 4) is 12.1 Å². The van der Waals surface area contributed by atoms with E-state index in [0.29, 0.717) is 36.5 Å². The Hall–Kier alpha value is -4.00. The Morgan fingerprint density at radius 3 is 2.42 bits per heavy atom. The zero-order valence-corrected chi connectivity index (χ0v) is 22.9. The largest absolute Gasteiger partial charge is 0.416 e. The molecule has 1 aliphatic rings. The van der Waals surface area contributed by atoms with Gasteiger partial charge in [0.1, 0.15) is 17.3 Å². The number of nitriles is 2. The zero-order valence-electron chi connectivity index (χ0n) is 22.9. The lowest BCUT2D eigenvalue weighted by atomic mass is 9.96. The van der Waals surface area contributed by atoms with Crippen LogP contribution >= 0.6 is 0 Å². The Bertz CT molecular complexity index is 1510. The molecule has 1 aromatic carbocycles. The average molecular weight is 553 g/mol.